The van der Waals surface area contributed by atoms with Crippen molar-refractivity contribution < 1.29 is 18.8 Å². The van der Waals surface area contributed by atoms with Gasteiger partial charge in [-0.3, -0.25) is 4.79 Å². The second-order valence-corrected chi connectivity index (χ2v) is 4.90. The van der Waals surface area contributed by atoms with Gasteiger partial charge in [0.05, 0.1) is 12.7 Å². The molecule has 0 saturated heterocycles. The van der Waals surface area contributed by atoms with Crippen molar-refractivity contribution in [2.24, 2.45) is 0 Å². The highest BCUT2D eigenvalue weighted by Gasteiger charge is 2.06. The Kier molecular flexibility index (Phi) is 6.65. The summed E-state index contributed by atoms with van der Waals surface area (Å²) in [6.45, 7) is 0.582. The molecule has 2 amide bonds. The van der Waals surface area contributed by atoms with Crippen LogP contribution in [-0.2, 0) is 22.6 Å². The summed E-state index contributed by atoms with van der Waals surface area (Å²) in [6, 6.07) is 9.33. The van der Waals surface area contributed by atoms with Gasteiger partial charge >= 0.3 is 6.09 Å². The first-order valence-electron chi connectivity index (χ1n) is 7.33. The van der Waals surface area contributed by atoms with Gasteiger partial charge in [-0.1, -0.05) is 35.5 Å². The standard InChI is InChI=1S/C16H19N3O4/c20-15(17-8-4-7-14-9-19-23-12-14)10-18-16(21)22-11-13-5-2-1-3-6-13/h1-3,5-6,9,12H,4,7-8,10-11H2,(H,17,20)(H,18,21). The first-order valence-corrected chi connectivity index (χ1v) is 7.33. The zero-order chi connectivity index (χ0) is 16.3. The molecule has 122 valence electrons. The molecule has 0 bridgehead atoms. The van der Waals surface area contributed by atoms with E-state index in [4.69, 9.17) is 9.26 Å². The zero-order valence-corrected chi connectivity index (χ0v) is 12.7. The van der Waals surface area contributed by atoms with Crippen molar-refractivity contribution in [2.75, 3.05) is 13.1 Å². The summed E-state index contributed by atoms with van der Waals surface area (Å²) in [7, 11) is 0. The van der Waals surface area contributed by atoms with Gasteiger partial charge in [-0.05, 0) is 18.4 Å². The molecule has 0 aliphatic heterocycles. The number of alkyl carbamates (subject to hydrolysis) is 1. The SMILES string of the molecule is O=C(CNC(=O)OCc1ccccc1)NCCCc1cnoc1. The van der Waals surface area contributed by atoms with Crippen LogP contribution in [0.4, 0.5) is 4.79 Å². The topological polar surface area (TPSA) is 93.5 Å². The monoisotopic (exact) mass is 317 g/mol. The van der Waals surface area contributed by atoms with E-state index in [0.29, 0.717) is 6.54 Å². The average Bonchev–Trinajstić information content (AvgIpc) is 3.09. The number of nitrogens with one attached hydrogen (secondary N) is 2. The van der Waals surface area contributed by atoms with Crippen LogP contribution in [0, 0.1) is 0 Å². The lowest BCUT2D eigenvalue weighted by Gasteiger charge is -2.07. The summed E-state index contributed by atoms with van der Waals surface area (Å²) >= 11 is 0. The van der Waals surface area contributed by atoms with Crippen molar-refractivity contribution in [3.05, 3.63) is 53.9 Å². The minimum absolute atomic E-state index is 0.110. The van der Waals surface area contributed by atoms with E-state index < -0.39 is 6.09 Å². The normalized spacial score (nSPS) is 10.1. The van der Waals surface area contributed by atoms with Crippen LogP contribution < -0.4 is 10.6 Å². The van der Waals surface area contributed by atoms with E-state index in [-0.39, 0.29) is 19.1 Å². The van der Waals surface area contributed by atoms with Crippen LogP contribution >= 0.6 is 0 Å². The summed E-state index contributed by atoms with van der Waals surface area (Å²) < 4.78 is 9.72. The fourth-order valence-corrected chi connectivity index (χ4v) is 1.86. The molecule has 0 unspecified atom stereocenters. The Balaban J connectivity index is 1.52. The molecule has 0 aliphatic carbocycles. The maximum atomic E-state index is 11.6. The Morgan fingerprint density at radius 2 is 1.96 bits per heavy atom. The predicted molar refractivity (Wildman–Crippen MR) is 82.5 cm³/mol. The quantitative estimate of drug-likeness (QED) is 0.722. The highest BCUT2D eigenvalue weighted by molar-refractivity contribution is 5.82. The Labute approximate surface area is 134 Å². The summed E-state index contributed by atoms with van der Waals surface area (Å²) in [4.78, 5) is 23.0. The lowest BCUT2D eigenvalue weighted by Crippen LogP contribution is -2.37. The molecule has 0 fully saturated rings. The van der Waals surface area contributed by atoms with Crippen molar-refractivity contribution in [1.29, 1.82) is 0 Å². The maximum absolute atomic E-state index is 11.6. The van der Waals surface area contributed by atoms with E-state index in [1.807, 2.05) is 30.3 Å². The van der Waals surface area contributed by atoms with Crippen molar-refractivity contribution in [3.8, 4) is 0 Å². The van der Waals surface area contributed by atoms with Gasteiger partial charge in [-0.15, -0.1) is 0 Å². The first-order chi connectivity index (χ1) is 11.2. The molecule has 1 heterocycles. The molecule has 0 aliphatic rings. The van der Waals surface area contributed by atoms with E-state index in [1.165, 1.54) is 0 Å². The lowest BCUT2D eigenvalue weighted by molar-refractivity contribution is -0.120. The van der Waals surface area contributed by atoms with Crippen LogP contribution in [0.25, 0.3) is 0 Å². The number of ether oxygens (including phenoxy) is 1. The number of benzene rings is 1. The second-order valence-electron chi connectivity index (χ2n) is 4.90. The molecular weight excluding hydrogens is 298 g/mol. The van der Waals surface area contributed by atoms with Gasteiger partial charge in [0.1, 0.15) is 12.9 Å². The number of rotatable bonds is 8. The number of carbonyl (C=O) groups excluding carboxylic acids is 2. The molecule has 1 aromatic carbocycles. The predicted octanol–water partition coefficient (Wildman–Crippen LogP) is 1.65. The molecule has 0 radical (unpaired) electrons. The summed E-state index contributed by atoms with van der Waals surface area (Å²) in [5.41, 5.74) is 1.88. The minimum Gasteiger partial charge on any atom is -0.445 e. The highest BCUT2D eigenvalue weighted by atomic mass is 16.5. The van der Waals surface area contributed by atoms with Crippen LogP contribution in [0.5, 0.6) is 0 Å². The first kappa shape index (κ1) is 16.5. The summed E-state index contributed by atoms with van der Waals surface area (Å²) in [5.74, 6) is -0.257. The molecule has 0 atom stereocenters. The Hall–Kier alpha value is -2.83. The van der Waals surface area contributed by atoms with Crippen LogP contribution in [0.15, 0.2) is 47.3 Å². The van der Waals surface area contributed by atoms with Gasteiger partial charge < -0.3 is 19.9 Å². The third kappa shape index (κ3) is 6.64. The van der Waals surface area contributed by atoms with Gasteiger partial charge in [-0.25, -0.2) is 4.79 Å². The number of amides is 2. The highest BCUT2D eigenvalue weighted by Crippen LogP contribution is 2.01. The lowest BCUT2D eigenvalue weighted by atomic mass is 10.2. The molecule has 0 spiro atoms. The molecule has 0 saturated carbocycles. The van der Waals surface area contributed by atoms with Gasteiger partial charge in [0.25, 0.3) is 0 Å². The van der Waals surface area contributed by atoms with E-state index in [1.54, 1.807) is 12.5 Å². The molecule has 23 heavy (non-hydrogen) atoms. The molecule has 7 heteroatoms. The zero-order valence-electron chi connectivity index (χ0n) is 12.7. The number of carbonyl (C=O) groups is 2. The van der Waals surface area contributed by atoms with E-state index in [9.17, 15) is 9.59 Å². The largest absolute Gasteiger partial charge is 0.445 e. The molecular formula is C16H19N3O4. The minimum atomic E-state index is -0.617. The third-order valence-electron chi connectivity index (χ3n) is 3.05. The summed E-state index contributed by atoms with van der Waals surface area (Å²) in [5, 5.41) is 8.72. The van der Waals surface area contributed by atoms with Crippen LogP contribution in [-0.4, -0.2) is 30.2 Å². The fourth-order valence-electron chi connectivity index (χ4n) is 1.86. The van der Waals surface area contributed by atoms with Gasteiger partial charge in [0, 0.05) is 12.1 Å². The second kappa shape index (κ2) is 9.24. The number of aryl methyl sites for hydroxylation is 1. The smallest absolute Gasteiger partial charge is 0.407 e. The maximum Gasteiger partial charge on any atom is 0.407 e. The Morgan fingerprint density at radius 3 is 2.70 bits per heavy atom. The number of nitrogens with zero attached hydrogens (tertiary/aromatic N) is 1. The fraction of sp³-hybridized carbons (Fsp3) is 0.312. The molecule has 2 N–H and O–H groups in total. The van der Waals surface area contributed by atoms with Gasteiger partial charge in [0.15, 0.2) is 0 Å². The number of hydrogen-bond acceptors (Lipinski definition) is 5. The third-order valence-corrected chi connectivity index (χ3v) is 3.05. The molecule has 1 aromatic heterocycles. The van der Waals surface area contributed by atoms with Gasteiger partial charge in [0.2, 0.25) is 5.91 Å². The average molecular weight is 317 g/mol. The number of hydrogen-bond donors (Lipinski definition) is 2. The van der Waals surface area contributed by atoms with Crippen LogP contribution in [0.3, 0.4) is 0 Å². The molecule has 2 aromatic rings. The van der Waals surface area contributed by atoms with Crippen molar-refractivity contribution in [3.63, 3.8) is 0 Å². The Morgan fingerprint density at radius 1 is 1.13 bits per heavy atom. The van der Waals surface area contributed by atoms with Crippen LogP contribution in [0.1, 0.15) is 17.5 Å². The number of aromatic nitrogens is 1. The van der Waals surface area contributed by atoms with Gasteiger partial charge in [-0.2, -0.15) is 0 Å². The van der Waals surface area contributed by atoms with E-state index >= 15 is 0 Å². The van der Waals surface area contributed by atoms with Crippen molar-refractivity contribution in [1.82, 2.24) is 15.8 Å². The van der Waals surface area contributed by atoms with Crippen molar-refractivity contribution in [2.45, 2.75) is 19.4 Å². The Bertz CT molecular complexity index is 599. The van der Waals surface area contributed by atoms with Crippen LogP contribution in [0.2, 0.25) is 0 Å². The van der Waals surface area contributed by atoms with E-state index in [0.717, 1.165) is 24.0 Å². The molecule has 2 rings (SSSR count). The summed E-state index contributed by atoms with van der Waals surface area (Å²) in [6.07, 6.45) is 4.15. The van der Waals surface area contributed by atoms with E-state index in [2.05, 4.69) is 15.8 Å². The molecule has 7 nitrogen and oxygen atoms in total. The van der Waals surface area contributed by atoms with Crippen molar-refractivity contribution >= 4 is 12.0 Å².